The van der Waals surface area contributed by atoms with Crippen LogP contribution in [0, 0.1) is 0 Å². The average Bonchev–Trinajstić information content (AvgIpc) is 2.40. The second kappa shape index (κ2) is 16.5. The van der Waals surface area contributed by atoms with Gasteiger partial charge in [-0.1, -0.05) is 13.8 Å². The smallest absolute Gasteiger partial charge is 0.127 e. The molecule has 0 aliphatic rings. The van der Waals surface area contributed by atoms with Gasteiger partial charge >= 0.3 is 0 Å². The molecular weight excluding hydrogens is 418 g/mol. The summed E-state index contributed by atoms with van der Waals surface area (Å²) >= 11 is 0. The first kappa shape index (κ1) is 37.4. The van der Waals surface area contributed by atoms with E-state index in [-0.39, 0.29) is 62.0 Å². The maximum atomic E-state index is 4.55. The summed E-state index contributed by atoms with van der Waals surface area (Å²) in [6.07, 6.45) is 2.61. The van der Waals surface area contributed by atoms with E-state index < -0.39 is 11.3 Å². The van der Waals surface area contributed by atoms with Gasteiger partial charge in [-0.15, -0.1) is 49.6 Å². The molecule has 0 rings (SSSR count). The number of halogens is 4. The molecule has 0 aliphatic heterocycles. The first-order valence-electron chi connectivity index (χ1n) is 8.26. The van der Waals surface area contributed by atoms with Crippen LogP contribution >= 0.6 is 49.6 Å². The van der Waals surface area contributed by atoms with Crippen molar-refractivity contribution in [2.45, 2.75) is 78.0 Å². The van der Waals surface area contributed by atoms with E-state index in [2.05, 4.69) is 100 Å². The molecule has 0 aliphatic carbocycles. The Balaban J connectivity index is -0.000000367. The zero-order chi connectivity index (χ0) is 17.6. The molecule has 0 bridgehead atoms. The van der Waals surface area contributed by atoms with Crippen LogP contribution in [0.3, 0.4) is 0 Å². The van der Waals surface area contributed by atoms with Crippen molar-refractivity contribution in [3.05, 3.63) is 0 Å². The zero-order valence-corrected chi connectivity index (χ0v) is 21.3. The van der Waals surface area contributed by atoms with Crippen molar-refractivity contribution in [1.29, 1.82) is 0 Å². The van der Waals surface area contributed by atoms with Crippen LogP contribution in [0.4, 0.5) is 0 Å². The summed E-state index contributed by atoms with van der Waals surface area (Å²) in [4.78, 5) is 4.33. The SMILES string of the molecule is CCC(NC(C)(C)N=NC(C)(C)NC(CC)N(C)C)N(C)C.Cl.Cl.Cl.Cl. The van der Waals surface area contributed by atoms with Crippen molar-refractivity contribution in [1.82, 2.24) is 20.4 Å². The van der Waals surface area contributed by atoms with Gasteiger partial charge in [0, 0.05) is 0 Å². The maximum Gasteiger partial charge on any atom is 0.127 e. The highest BCUT2D eigenvalue weighted by Crippen LogP contribution is 2.15. The molecule has 0 spiro atoms. The summed E-state index contributed by atoms with van der Waals surface area (Å²) in [6.45, 7) is 12.6. The van der Waals surface area contributed by atoms with E-state index in [1.54, 1.807) is 0 Å². The van der Waals surface area contributed by atoms with E-state index in [4.69, 9.17) is 0 Å². The summed E-state index contributed by atoms with van der Waals surface area (Å²) in [5.41, 5.74) is -0.798. The van der Waals surface area contributed by atoms with Crippen LogP contribution < -0.4 is 10.6 Å². The third-order valence-corrected chi connectivity index (χ3v) is 3.61. The molecule has 2 unspecified atom stereocenters. The van der Waals surface area contributed by atoms with Crippen LogP contribution in [0.15, 0.2) is 10.2 Å². The zero-order valence-electron chi connectivity index (χ0n) is 18.0. The molecule has 0 radical (unpaired) electrons. The molecule has 0 saturated heterocycles. The van der Waals surface area contributed by atoms with Gasteiger partial charge in [0.1, 0.15) is 11.3 Å². The Kier molecular flexibility index (Phi) is 23.8. The molecular formula is C16H42Cl4N6. The summed E-state index contributed by atoms with van der Waals surface area (Å²) < 4.78 is 0. The first-order valence-corrected chi connectivity index (χ1v) is 8.26. The minimum absolute atomic E-state index is 0. The molecule has 26 heavy (non-hydrogen) atoms. The molecule has 6 nitrogen and oxygen atoms in total. The quantitative estimate of drug-likeness (QED) is 0.376. The highest BCUT2D eigenvalue weighted by atomic mass is 35.5. The molecule has 0 heterocycles. The number of hydrogen-bond donors (Lipinski definition) is 2. The topological polar surface area (TPSA) is 55.3 Å². The fourth-order valence-electron chi connectivity index (χ4n) is 2.32. The van der Waals surface area contributed by atoms with Gasteiger partial charge in [0.25, 0.3) is 0 Å². The summed E-state index contributed by atoms with van der Waals surface area (Å²) in [7, 11) is 8.29. The number of hydrogen-bond acceptors (Lipinski definition) is 6. The van der Waals surface area contributed by atoms with Gasteiger partial charge in [0.2, 0.25) is 0 Å². The molecule has 164 valence electrons. The average molecular weight is 460 g/mol. The van der Waals surface area contributed by atoms with Crippen LogP contribution in [-0.2, 0) is 0 Å². The minimum Gasteiger partial charge on any atom is -0.294 e. The number of azo groups is 1. The normalized spacial score (nSPS) is 14.2. The van der Waals surface area contributed by atoms with Gasteiger partial charge in [0.15, 0.2) is 0 Å². The lowest BCUT2D eigenvalue weighted by atomic mass is 10.2. The van der Waals surface area contributed by atoms with E-state index in [0.29, 0.717) is 0 Å². The van der Waals surface area contributed by atoms with Crippen molar-refractivity contribution in [3.8, 4) is 0 Å². The highest BCUT2D eigenvalue weighted by molar-refractivity contribution is 5.86. The maximum absolute atomic E-state index is 4.55. The van der Waals surface area contributed by atoms with Gasteiger partial charge in [0.05, 0.1) is 12.3 Å². The Labute approximate surface area is 186 Å². The Morgan fingerprint density at radius 3 is 1.04 bits per heavy atom. The largest absolute Gasteiger partial charge is 0.294 e. The van der Waals surface area contributed by atoms with Gasteiger partial charge < -0.3 is 0 Å². The van der Waals surface area contributed by atoms with E-state index in [1.807, 2.05) is 0 Å². The molecule has 10 heteroatoms. The van der Waals surface area contributed by atoms with Gasteiger partial charge in [-0.2, -0.15) is 10.2 Å². The summed E-state index contributed by atoms with van der Waals surface area (Å²) in [6, 6.07) is 0. The van der Waals surface area contributed by atoms with Gasteiger partial charge in [-0.25, -0.2) is 0 Å². The number of rotatable bonds is 10. The molecule has 0 saturated carbocycles. The van der Waals surface area contributed by atoms with Crippen molar-refractivity contribution in [2.75, 3.05) is 28.2 Å². The van der Waals surface area contributed by atoms with E-state index in [1.165, 1.54) is 0 Å². The van der Waals surface area contributed by atoms with Crippen LogP contribution in [0.25, 0.3) is 0 Å². The predicted molar refractivity (Wildman–Crippen MR) is 124 cm³/mol. The van der Waals surface area contributed by atoms with Crippen LogP contribution in [0.5, 0.6) is 0 Å². The van der Waals surface area contributed by atoms with Crippen molar-refractivity contribution < 1.29 is 0 Å². The van der Waals surface area contributed by atoms with Crippen molar-refractivity contribution in [3.63, 3.8) is 0 Å². The Morgan fingerprint density at radius 2 is 0.885 bits per heavy atom. The molecule has 0 aromatic carbocycles. The van der Waals surface area contributed by atoms with Gasteiger partial charge in [-0.05, 0) is 68.7 Å². The molecule has 0 amide bonds. The lowest BCUT2D eigenvalue weighted by molar-refractivity contribution is 0.166. The lowest BCUT2D eigenvalue weighted by Crippen LogP contribution is -2.52. The van der Waals surface area contributed by atoms with E-state index in [9.17, 15) is 0 Å². The molecule has 2 atom stereocenters. The van der Waals surface area contributed by atoms with Crippen molar-refractivity contribution in [2.24, 2.45) is 10.2 Å². The van der Waals surface area contributed by atoms with Gasteiger partial charge in [-0.3, -0.25) is 20.4 Å². The number of nitrogens with one attached hydrogen (secondary N) is 2. The minimum atomic E-state index is -0.399. The van der Waals surface area contributed by atoms with E-state index >= 15 is 0 Å². The third-order valence-electron chi connectivity index (χ3n) is 3.61. The summed E-state index contributed by atoms with van der Waals surface area (Å²) in [5.74, 6) is 0. The van der Waals surface area contributed by atoms with Crippen LogP contribution in [0.2, 0.25) is 0 Å². The predicted octanol–water partition coefficient (Wildman–Crippen LogP) is 4.37. The highest BCUT2D eigenvalue weighted by Gasteiger charge is 2.26. The molecule has 2 N–H and O–H groups in total. The van der Waals surface area contributed by atoms with Crippen LogP contribution in [0.1, 0.15) is 54.4 Å². The Morgan fingerprint density at radius 1 is 0.654 bits per heavy atom. The molecule has 0 aromatic rings. The molecule has 0 aromatic heterocycles. The second-order valence-electron chi connectivity index (χ2n) is 7.38. The second-order valence-corrected chi connectivity index (χ2v) is 7.38. The number of nitrogens with zero attached hydrogens (tertiary/aromatic N) is 4. The Bertz CT molecular complexity index is 320. The standard InChI is InChI=1S/C16H38N6.4ClH/c1-11-13(21(7)8)17-15(3,4)19-20-16(5,6)18-14(12-2)22(9)10;;;;/h13-14,17-18H,11-12H2,1-10H3;4*1H. The summed E-state index contributed by atoms with van der Waals surface area (Å²) in [5, 5.41) is 16.2. The fourth-order valence-corrected chi connectivity index (χ4v) is 2.32. The third kappa shape index (κ3) is 15.6. The monoisotopic (exact) mass is 458 g/mol. The van der Waals surface area contributed by atoms with Crippen molar-refractivity contribution >= 4 is 49.6 Å². The Hall–Kier alpha value is 0.600. The van der Waals surface area contributed by atoms with E-state index in [0.717, 1.165) is 12.8 Å². The van der Waals surface area contributed by atoms with Crippen LogP contribution in [-0.4, -0.2) is 61.6 Å². The molecule has 0 fully saturated rings. The lowest BCUT2D eigenvalue weighted by Gasteiger charge is -2.34. The first-order chi connectivity index (χ1) is 9.94. The fraction of sp³-hybridized carbons (Fsp3) is 1.00.